The maximum absolute atomic E-state index is 12.9. The van der Waals surface area contributed by atoms with Crippen LogP contribution in [0.4, 0.5) is 4.39 Å². The third-order valence-corrected chi connectivity index (χ3v) is 4.77. The number of rotatable bonds is 6. The molecule has 0 radical (unpaired) electrons. The number of hydrogen-bond donors (Lipinski definition) is 1. The van der Waals surface area contributed by atoms with Crippen LogP contribution in [0.1, 0.15) is 21.7 Å². The summed E-state index contributed by atoms with van der Waals surface area (Å²) in [5, 5.41) is 4.80. The topological polar surface area (TPSA) is 63.8 Å². The number of nitrogens with zero attached hydrogens (tertiary/aromatic N) is 1. The van der Waals surface area contributed by atoms with Gasteiger partial charge >= 0.3 is 5.91 Å². The third-order valence-electron chi connectivity index (χ3n) is 4.28. The molecular formula is C23H16BrFN2O3. The number of furan rings is 1. The van der Waals surface area contributed by atoms with Crippen molar-refractivity contribution >= 4 is 39.0 Å². The predicted octanol–water partition coefficient (Wildman–Crippen LogP) is 5.68. The Balaban J connectivity index is 1.32. The molecule has 0 aliphatic rings. The highest BCUT2D eigenvalue weighted by Gasteiger charge is 2.11. The highest BCUT2D eigenvalue weighted by molar-refractivity contribution is 9.10. The molecule has 150 valence electrons. The SMILES string of the molecule is O=C(N/N=C\c1ccc(OCc2ccc(F)cc2)cc1)c1cc2cc(Br)ccc2o1. The van der Waals surface area contributed by atoms with Crippen LogP contribution in [-0.2, 0) is 6.61 Å². The van der Waals surface area contributed by atoms with Crippen molar-refractivity contribution in [1.82, 2.24) is 5.43 Å². The molecule has 0 atom stereocenters. The lowest BCUT2D eigenvalue weighted by Crippen LogP contribution is -2.16. The van der Waals surface area contributed by atoms with Gasteiger partial charge in [-0.1, -0.05) is 28.1 Å². The summed E-state index contributed by atoms with van der Waals surface area (Å²) in [4.78, 5) is 12.2. The molecule has 0 unspecified atom stereocenters. The van der Waals surface area contributed by atoms with Crippen molar-refractivity contribution in [2.24, 2.45) is 5.10 Å². The van der Waals surface area contributed by atoms with Gasteiger partial charge in [0.2, 0.25) is 0 Å². The second kappa shape index (κ2) is 8.92. The molecule has 0 saturated carbocycles. The molecule has 1 amide bonds. The fraction of sp³-hybridized carbons (Fsp3) is 0.0435. The second-order valence-electron chi connectivity index (χ2n) is 6.48. The van der Waals surface area contributed by atoms with Crippen LogP contribution in [0.5, 0.6) is 5.75 Å². The first-order valence-electron chi connectivity index (χ1n) is 9.07. The number of hydrazone groups is 1. The van der Waals surface area contributed by atoms with Gasteiger partial charge in [-0.3, -0.25) is 4.79 Å². The minimum atomic E-state index is -0.433. The van der Waals surface area contributed by atoms with E-state index >= 15 is 0 Å². The van der Waals surface area contributed by atoms with Crippen molar-refractivity contribution in [3.05, 3.63) is 100.0 Å². The molecule has 3 aromatic carbocycles. The van der Waals surface area contributed by atoms with E-state index in [1.54, 1.807) is 36.4 Å². The van der Waals surface area contributed by atoms with E-state index in [1.807, 2.05) is 24.3 Å². The van der Waals surface area contributed by atoms with Gasteiger partial charge in [0.15, 0.2) is 5.76 Å². The Bertz CT molecular complexity index is 1200. The first-order chi connectivity index (χ1) is 14.6. The first kappa shape index (κ1) is 19.8. The Morgan fingerprint density at radius 3 is 2.60 bits per heavy atom. The van der Waals surface area contributed by atoms with Crippen LogP contribution in [0, 0.1) is 5.82 Å². The smallest absolute Gasteiger partial charge is 0.307 e. The molecule has 1 aromatic heterocycles. The van der Waals surface area contributed by atoms with Gasteiger partial charge in [0.1, 0.15) is 23.8 Å². The predicted molar refractivity (Wildman–Crippen MR) is 116 cm³/mol. The number of fused-ring (bicyclic) bond motifs is 1. The Labute approximate surface area is 180 Å². The van der Waals surface area contributed by atoms with E-state index in [1.165, 1.54) is 18.3 Å². The van der Waals surface area contributed by atoms with Crippen molar-refractivity contribution in [1.29, 1.82) is 0 Å². The number of nitrogens with one attached hydrogen (secondary N) is 1. The molecule has 1 N–H and O–H groups in total. The second-order valence-corrected chi connectivity index (χ2v) is 7.39. The van der Waals surface area contributed by atoms with E-state index in [-0.39, 0.29) is 11.6 Å². The van der Waals surface area contributed by atoms with Gasteiger partial charge < -0.3 is 9.15 Å². The average Bonchev–Trinajstić information content (AvgIpc) is 3.17. The zero-order valence-electron chi connectivity index (χ0n) is 15.6. The van der Waals surface area contributed by atoms with Crippen molar-refractivity contribution in [3.8, 4) is 5.75 Å². The van der Waals surface area contributed by atoms with Crippen LogP contribution < -0.4 is 10.2 Å². The Morgan fingerprint density at radius 2 is 1.83 bits per heavy atom. The summed E-state index contributed by atoms with van der Waals surface area (Å²) in [7, 11) is 0. The minimum absolute atomic E-state index is 0.185. The van der Waals surface area contributed by atoms with E-state index in [2.05, 4.69) is 26.5 Å². The summed E-state index contributed by atoms with van der Waals surface area (Å²) in [6.45, 7) is 0.345. The third kappa shape index (κ3) is 4.93. The quantitative estimate of drug-likeness (QED) is 0.293. The average molecular weight is 467 g/mol. The molecule has 7 heteroatoms. The molecule has 0 spiro atoms. The molecule has 4 aromatic rings. The lowest BCUT2D eigenvalue weighted by atomic mass is 10.2. The number of benzene rings is 3. The maximum atomic E-state index is 12.9. The summed E-state index contributed by atoms with van der Waals surface area (Å²) in [6.07, 6.45) is 1.53. The Hall–Kier alpha value is -3.45. The van der Waals surface area contributed by atoms with Gasteiger partial charge in [-0.2, -0.15) is 5.10 Å². The molecule has 0 aliphatic carbocycles. The molecule has 0 fully saturated rings. The molecule has 0 aliphatic heterocycles. The summed E-state index contributed by atoms with van der Waals surface area (Å²) in [5.41, 5.74) is 4.75. The van der Waals surface area contributed by atoms with Crippen LogP contribution in [0.25, 0.3) is 11.0 Å². The lowest BCUT2D eigenvalue weighted by molar-refractivity contribution is 0.0929. The minimum Gasteiger partial charge on any atom is -0.489 e. The largest absolute Gasteiger partial charge is 0.489 e. The molecule has 30 heavy (non-hydrogen) atoms. The van der Waals surface area contributed by atoms with Crippen LogP contribution >= 0.6 is 15.9 Å². The van der Waals surface area contributed by atoms with Gasteiger partial charge in [-0.25, -0.2) is 9.82 Å². The molecule has 1 heterocycles. The van der Waals surface area contributed by atoms with E-state index in [4.69, 9.17) is 9.15 Å². The summed E-state index contributed by atoms with van der Waals surface area (Å²) < 4.78 is 25.0. The first-order valence-corrected chi connectivity index (χ1v) is 9.86. The van der Waals surface area contributed by atoms with Gasteiger partial charge in [-0.15, -0.1) is 0 Å². The van der Waals surface area contributed by atoms with E-state index in [0.29, 0.717) is 17.9 Å². The van der Waals surface area contributed by atoms with Crippen LogP contribution in [0.3, 0.4) is 0 Å². The van der Waals surface area contributed by atoms with E-state index in [0.717, 1.165) is 21.0 Å². The Kier molecular flexibility index (Phi) is 5.90. The monoisotopic (exact) mass is 466 g/mol. The van der Waals surface area contributed by atoms with E-state index < -0.39 is 5.91 Å². The van der Waals surface area contributed by atoms with Gasteiger partial charge in [0.05, 0.1) is 6.21 Å². The standard InChI is InChI=1S/C23H16BrFN2O3/c24-18-5-10-21-17(11-18)12-22(30-21)23(28)27-26-13-15-3-8-20(9-4-15)29-14-16-1-6-19(25)7-2-16/h1-13H,14H2,(H,27,28)/b26-13-. The highest BCUT2D eigenvalue weighted by Crippen LogP contribution is 2.23. The highest BCUT2D eigenvalue weighted by atomic mass is 79.9. The molecule has 5 nitrogen and oxygen atoms in total. The number of amides is 1. The molecular weight excluding hydrogens is 451 g/mol. The van der Waals surface area contributed by atoms with Gasteiger partial charge in [0, 0.05) is 9.86 Å². The normalized spacial score (nSPS) is 11.1. The van der Waals surface area contributed by atoms with Gasteiger partial charge in [-0.05, 0) is 71.8 Å². The summed E-state index contributed by atoms with van der Waals surface area (Å²) in [5.74, 6) is 0.152. The van der Waals surface area contributed by atoms with Crippen molar-refractivity contribution in [2.45, 2.75) is 6.61 Å². The lowest BCUT2D eigenvalue weighted by Gasteiger charge is -2.06. The fourth-order valence-electron chi connectivity index (χ4n) is 2.74. The van der Waals surface area contributed by atoms with Crippen LogP contribution in [0.2, 0.25) is 0 Å². The van der Waals surface area contributed by atoms with Crippen LogP contribution in [0.15, 0.2) is 86.8 Å². The number of hydrogen-bond acceptors (Lipinski definition) is 4. The Morgan fingerprint density at radius 1 is 1.07 bits per heavy atom. The van der Waals surface area contributed by atoms with Crippen molar-refractivity contribution in [3.63, 3.8) is 0 Å². The van der Waals surface area contributed by atoms with Crippen LogP contribution in [-0.4, -0.2) is 12.1 Å². The zero-order chi connectivity index (χ0) is 20.9. The summed E-state index contributed by atoms with van der Waals surface area (Å²) >= 11 is 3.39. The number of carbonyl (C=O) groups excluding carboxylic acids is 1. The number of ether oxygens (including phenoxy) is 1. The molecule has 0 bridgehead atoms. The summed E-state index contributed by atoms with van der Waals surface area (Å²) in [6, 6.07) is 20.6. The fourth-order valence-corrected chi connectivity index (χ4v) is 3.12. The zero-order valence-corrected chi connectivity index (χ0v) is 17.2. The molecule has 4 rings (SSSR count). The van der Waals surface area contributed by atoms with Crippen molar-refractivity contribution < 1.29 is 18.3 Å². The van der Waals surface area contributed by atoms with Crippen molar-refractivity contribution in [2.75, 3.05) is 0 Å². The maximum Gasteiger partial charge on any atom is 0.307 e. The van der Waals surface area contributed by atoms with E-state index in [9.17, 15) is 9.18 Å². The molecule has 0 saturated heterocycles. The number of halogens is 2. The van der Waals surface area contributed by atoms with Gasteiger partial charge in [0.25, 0.3) is 0 Å². The number of carbonyl (C=O) groups is 1.